The standard InChI is InChI=1S/C17H20ClNO6/c1-2-24-16(22)11-5-7-19(8-6-11)15(21)10-25-17(23)13-4-3-12(18)9-14(13)20/h3-4,9,11,20H,2,5-8,10H2,1H3. The summed E-state index contributed by atoms with van der Waals surface area (Å²) >= 11 is 5.70. The van der Waals surface area contributed by atoms with Crippen molar-refractivity contribution in [1.82, 2.24) is 4.90 Å². The van der Waals surface area contributed by atoms with Crippen LogP contribution in [0, 0.1) is 5.92 Å². The molecule has 0 bridgehead atoms. The number of halogens is 1. The lowest BCUT2D eigenvalue weighted by Gasteiger charge is -2.30. The number of piperidine rings is 1. The molecule has 0 spiro atoms. The number of esters is 2. The van der Waals surface area contributed by atoms with Crippen molar-refractivity contribution in [2.75, 3.05) is 26.3 Å². The van der Waals surface area contributed by atoms with E-state index in [4.69, 9.17) is 21.1 Å². The number of hydrogen-bond acceptors (Lipinski definition) is 6. The van der Waals surface area contributed by atoms with E-state index >= 15 is 0 Å². The van der Waals surface area contributed by atoms with Crippen LogP contribution in [0.15, 0.2) is 18.2 Å². The Morgan fingerprint density at radius 1 is 1.24 bits per heavy atom. The van der Waals surface area contributed by atoms with Gasteiger partial charge in [0.05, 0.1) is 12.5 Å². The molecular weight excluding hydrogens is 350 g/mol. The van der Waals surface area contributed by atoms with Crippen LogP contribution in [0.4, 0.5) is 0 Å². The lowest BCUT2D eigenvalue weighted by molar-refractivity contribution is -0.151. The summed E-state index contributed by atoms with van der Waals surface area (Å²) in [6.07, 6.45) is 1.05. The summed E-state index contributed by atoms with van der Waals surface area (Å²) in [5.74, 6) is -1.88. The van der Waals surface area contributed by atoms with Gasteiger partial charge in [0, 0.05) is 18.1 Å². The van der Waals surface area contributed by atoms with E-state index in [2.05, 4.69) is 0 Å². The molecule has 0 unspecified atom stereocenters. The number of benzene rings is 1. The summed E-state index contributed by atoms with van der Waals surface area (Å²) in [6, 6.07) is 4.00. The van der Waals surface area contributed by atoms with E-state index in [9.17, 15) is 19.5 Å². The SMILES string of the molecule is CCOC(=O)C1CCN(C(=O)COC(=O)c2ccc(Cl)cc2O)CC1. The number of hydrogen-bond donors (Lipinski definition) is 1. The van der Waals surface area contributed by atoms with Crippen molar-refractivity contribution in [1.29, 1.82) is 0 Å². The second-order valence-electron chi connectivity index (χ2n) is 5.64. The van der Waals surface area contributed by atoms with Gasteiger partial charge in [-0.05, 0) is 38.0 Å². The number of nitrogens with zero attached hydrogens (tertiary/aromatic N) is 1. The molecule has 0 radical (unpaired) electrons. The first-order valence-corrected chi connectivity index (χ1v) is 8.40. The first-order chi connectivity index (χ1) is 11.9. The molecule has 8 heteroatoms. The third-order valence-electron chi connectivity index (χ3n) is 3.97. The van der Waals surface area contributed by atoms with Crippen LogP contribution in [0.25, 0.3) is 0 Å². The van der Waals surface area contributed by atoms with Gasteiger partial charge in [-0.15, -0.1) is 0 Å². The summed E-state index contributed by atoms with van der Waals surface area (Å²) < 4.78 is 9.93. The Morgan fingerprint density at radius 3 is 2.52 bits per heavy atom. The summed E-state index contributed by atoms with van der Waals surface area (Å²) in [6.45, 7) is 2.48. The highest BCUT2D eigenvalue weighted by Crippen LogP contribution is 2.23. The topological polar surface area (TPSA) is 93.1 Å². The van der Waals surface area contributed by atoms with E-state index in [1.165, 1.54) is 18.2 Å². The van der Waals surface area contributed by atoms with Gasteiger partial charge in [0.25, 0.3) is 5.91 Å². The van der Waals surface area contributed by atoms with Crippen LogP contribution in [0.1, 0.15) is 30.1 Å². The molecule has 25 heavy (non-hydrogen) atoms. The van der Waals surface area contributed by atoms with Crippen molar-refractivity contribution in [3.05, 3.63) is 28.8 Å². The Labute approximate surface area is 150 Å². The predicted octanol–water partition coefficient (Wildman–Crippen LogP) is 2.00. The fourth-order valence-electron chi connectivity index (χ4n) is 2.60. The fraction of sp³-hybridized carbons (Fsp3) is 0.471. The van der Waals surface area contributed by atoms with Crippen LogP contribution < -0.4 is 0 Å². The van der Waals surface area contributed by atoms with Gasteiger partial charge in [-0.3, -0.25) is 9.59 Å². The third-order valence-corrected chi connectivity index (χ3v) is 4.21. The number of carbonyl (C=O) groups excluding carboxylic acids is 3. The fourth-order valence-corrected chi connectivity index (χ4v) is 2.76. The highest BCUT2D eigenvalue weighted by molar-refractivity contribution is 6.30. The second kappa shape index (κ2) is 8.71. The zero-order valence-corrected chi connectivity index (χ0v) is 14.6. The Morgan fingerprint density at radius 2 is 1.92 bits per heavy atom. The zero-order valence-electron chi connectivity index (χ0n) is 13.9. The molecule has 1 amide bonds. The number of aromatic hydroxyl groups is 1. The third kappa shape index (κ3) is 5.09. The quantitative estimate of drug-likeness (QED) is 0.798. The smallest absolute Gasteiger partial charge is 0.342 e. The number of phenols is 1. The number of carbonyl (C=O) groups is 3. The zero-order chi connectivity index (χ0) is 18.4. The minimum Gasteiger partial charge on any atom is -0.507 e. The molecule has 1 aliphatic rings. The average molecular weight is 370 g/mol. The number of ether oxygens (including phenoxy) is 2. The van der Waals surface area contributed by atoms with Crippen molar-refractivity contribution in [2.24, 2.45) is 5.92 Å². The molecule has 1 N–H and O–H groups in total. The minimum atomic E-state index is -0.802. The van der Waals surface area contributed by atoms with Crippen LogP contribution in [-0.2, 0) is 19.1 Å². The number of likely N-dealkylation sites (tertiary alicyclic amines) is 1. The molecule has 1 heterocycles. The van der Waals surface area contributed by atoms with Gasteiger partial charge >= 0.3 is 11.9 Å². The van der Waals surface area contributed by atoms with Gasteiger partial charge in [0.15, 0.2) is 6.61 Å². The summed E-state index contributed by atoms with van der Waals surface area (Å²) in [4.78, 5) is 37.3. The Balaban J connectivity index is 1.81. The number of amides is 1. The second-order valence-corrected chi connectivity index (χ2v) is 6.08. The van der Waals surface area contributed by atoms with Crippen molar-refractivity contribution in [3.63, 3.8) is 0 Å². The van der Waals surface area contributed by atoms with Crippen molar-refractivity contribution in [2.45, 2.75) is 19.8 Å². The van der Waals surface area contributed by atoms with E-state index in [0.717, 1.165) is 0 Å². The van der Waals surface area contributed by atoms with E-state index in [1.54, 1.807) is 11.8 Å². The minimum absolute atomic E-state index is 0.0572. The van der Waals surface area contributed by atoms with E-state index in [0.29, 0.717) is 32.5 Å². The molecule has 0 aliphatic carbocycles. The van der Waals surface area contributed by atoms with E-state index in [1.807, 2.05) is 0 Å². The normalized spacial score (nSPS) is 14.9. The number of rotatable bonds is 5. The lowest BCUT2D eigenvalue weighted by atomic mass is 9.97. The molecule has 7 nitrogen and oxygen atoms in total. The van der Waals surface area contributed by atoms with Gasteiger partial charge < -0.3 is 19.5 Å². The predicted molar refractivity (Wildman–Crippen MR) is 89.3 cm³/mol. The first kappa shape index (κ1) is 19.1. The van der Waals surface area contributed by atoms with Crippen LogP contribution in [-0.4, -0.2) is 54.2 Å². The molecule has 1 aromatic carbocycles. The Kier molecular flexibility index (Phi) is 6.64. The molecular formula is C17H20ClNO6. The van der Waals surface area contributed by atoms with Crippen LogP contribution in [0.2, 0.25) is 5.02 Å². The van der Waals surface area contributed by atoms with Gasteiger partial charge in [-0.25, -0.2) is 4.79 Å². The molecule has 0 aromatic heterocycles. The van der Waals surface area contributed by atoms with E-state index in [-0.39, 0.29) is 34.1 Å². The van der Waals surface area contributed by atoms with Gasteiger partial charge in [-0.1, -0.05) is 11.6 Å². The molecule has 0 atom stereocenters. The molecule has 1 fully saturated rings. The highest BCUT2D eigenvalue weighted by atomic mass is 35.5. The van der Waals surface area contributed by atoms with Gasteiger partial charge in [0.1, 0.15) is 11.3 Å². The molecule has 1 saturated heterocycles. The van der Waals surface area contributed by atoms with Crippen LogP contribution >= 0.6 is 11.6 Å². The monoisotopic (exact) mass is 369 g/mol. The Bertz CT molecular complexity index is 655. The van der Waals surface area contributed by atoms with Crippen LogP contribution in [0.5, 0.6) is 5.75 Å². The number of phenolic OH excluding ortho intramolecular Hbond substituents is 1. The van der Waals surface area contributed by atoms with Gasteiger partial charge in [-0.2, -0.15) is 0 Å². The maximum Gasteiger partial charge on any atom is 0.342 e. The lowest BCUT2D eigenvalue weighted by Crippen LogP contribution is -2.42. The van der Waals surface area contributed by atoms with Gasteiger partial charge in [0.2, 0.25) is 0 Å². The van der Waals surface area contributed by atoms with Crippen molar-refractivity contribution < 1.29 is 29.0 Å². The van der Waals surface area contributed by atoms with E-state index < -0.39 is 12.6 Å². The summed E-state index contributed by atoms with van der Waals surface area (Å²) in [5, 5.41) is 9.96. The average Bonchev–Trinajstić information content (AvgIpc) is 2.59. The Hall–Kier alpha value is -2.28. The largest absolute Gasteiger partial charge is 0.507 e. The van der Waals surface area contributed by atoms with Crippen molar-refractivity contribution >= 4 is 29.4 Å². The first-order valence-electron chi connectivity index (χ1n) is 8.02. The molecule has 2 rings (SSSR count). The maximum absolute atomic E-state index is 12.1. The highest BCUT2D eigenvalue weighted by Gasteiger charge is 2.28. The molecule has 1 aromatic rings. The summed E-state index contributed by atoms with van der Waals surface area (Å²) in [5.41, 5.74) is -0.0572. The van der Waals surface area contributed by atoms with Crippen molar-refractivity contribution in [3.8, 4) is 5.75 Å². The maximum atomic E-state index is 12.1. The summed E-state index contributed by atoms with van der Waals surface area (Å²) in [7, 11) is 0. The molecule has 136 valence electrons. The molecule has 0 saturated carbocycles. The van der Waals surface area contributed by atoms with Crippen LogP contribution in [0.3, 0.4) is 0 Å². The molecule has 1 aliphatic heterocycles.